The van der Waals surface area contributed by atoms with Gasteiger partial charge in [0, 0.05) is 11.8 Å². The summed E-state index contributed by atoms with van der Waals surface area (Å²) in [5, 5.41) is 13.4. The van der Waals surface area contributed by atoms with Gasteiger partial charge in [-0.3, -0.25) is 14.9 Å². The molecule has 1 aromatic heterocycles. The van der Waals surface area contributed by atoms with Crippen LogP contribution < -0.4 is 15.8 Å². The normalized spacial score (nSPS) is 9.95. The Morgan fingerprint density at radius 3 is 2.76 bits per heavy atom. The van der Waals surface area contributed by atoms with Crippen LogP contribution in [0.3, 0.4) is 0 Å². The molecule has 0 fully saturated rings. The summed E-state index contributed by atoms with van der Waals surface area (Å²) in [7, 11) is 1.33. The number of nitro benzene ring substituents is 1. The van der Waals surface area contributed by atoms with Crippen molar-refractivity contribution >= 4 is 23.1 Å². The number of amides is 1. The molecule has 0 spiro atoms. The number of rotatable bonds is 4. The number of hydrogen-bond donors (Lipinski definition) is 2. The summed E-state index contributed by atoms with van der Waals surface area (Å²) in [6.07, 6.45) is 0. The van der Waals surface area contributed by atoms with Crippen molar-refractivity contribution in [3.63, 3.8) is 0 Å². The quantitative estimate of drug-likeness (QED) is 0.654. The van der Waals surface area contributed by atoms with E-state index in [0.29, 0.717) is 0 Å². The van der Waals surface area contributed by atoms with E-state index in [1.807, 2.05) is 0 Å². The average molecular weight is 288 g/mol. The van der Waals surface area contributed by atoms with E-state index in [4.69, 9.17) is 10.5 Å². The monoisotopic (exact) mass is 288 g/mol. The highest BCUT2D eigenvalue weighted by atomic mass is 16.6. The van der Waals surface area contributed by atoms with Crippen molar-refractivity contribution in [3.05, 3.63) is 52.2 Å². The molecule has 0 saturated carbocycles. The molecule has 0 aliphatic carbocycles. The second kappa shape index (κ2) is 5.87. The number of carbonyl (C=O) groups is 1. The highest BCUT2D eigenvalue weighted by Gasteiger charge is 2.16. The molecular formula is C13H12N4O4. The zero-order chi connectivity index (χ0) is 15.4. The second-order valence-electron chi connectivity index (χ2n) is 4.05. The van der Waals surface area contributed by atoms with Gasteiger partial charge >= 0.3 is 5.69 Å². The first-order valence-corrected chi connectivity index (χ1v) is 5.87. The second-order valence-corrected chi connectivity index (χ2v) is 4.05. The van der Waals surface area contributed by atoms with Crippen LogP contribution >= 0.6 is 0 Å². The number of nitro groups is 1. The molecular weight excluding hydrogens is 276 g/mol. The summed E-state index contributed by atoms with van der Waals surface area (Å²) in [5.74, 6) is -0.190. The molecule has 0 saturated heterocycles. The van der Waals surface area contributed by atoms with Gasteiger partial charge in [0.25, 0.3) is 5.91 Å². The van der Waals surface area contributed by atoms with Gasteiger partial charge in [-0.2, -0.15) is 0 Å². The molecule has 0 radical (unpaired) electrons. The Hall–Kier alpha value is -3.16. The van der Waals surface area contributed by atoms with E-state index >= 15 is 0 Å². The number of benzene rings is 1. The van der Waals surface area contributed by atoms with Gasteiger partial charge in [-0.15, -0.1) is 0 Å². The van der Waals surface area contributed by atoms with Gasteiger partial charge in [0.2, 0.25) is 0 Å². The minimum absolute atomic E-state index is 0.111. The topological polar surface area (TPSA) is 120 Å². The first-order valence-electron chi connectivity index (χ1n) is 5.87. The number of anilines is 2. The lowest BCUT2D eigenvalue weighted by Crippen LogP contribution is -2.14. The van der Waals surface area contributed by atoms with Crippen LogP contribution in [0.1, 0.15) is 10.5 Å². The van der Waals surface area contributed by atoms with Gasteiger partial charge in [0.1, 0.15) is 11.5 Å². The Balaban J connectivity index is 2.25. The Labute approximate surface area is 119 Å². The molecule has 1 heterocycles. The summed E-state index contributed by atoms with van der Waals surface area (Å²) in [6.45, 7) is 0. The van der Waals surface area contributed by atoms with E-state index in [9.17, 15) is 14.9 Å². The van der Waals surface area contributed by atoms with E-state index in [2.05, 4.69) is 10.3 Å². The van der Waals surface area contributed by atoms with Gasteiger partial charge < -0.3 is 15.8 Å². The maximum Gasteiger partial charge on any atom is 0.312 e. The fraction of sp³-hybridized carbons (Fsp3) is 0.0769. The molecule has 0 bridgehead atoms. The van der Waals surface area contributed by atoms with Gasteiger partial charge in [-0.1, -0.05) is 6.07 Å². The molecule has 0 unspecified atom stereocenters. The predicted molar refractivity (Wildman–Crippen MR) is 76.3 cm³/mol. The van der Waals surface area contributed by atoms with Crippen LogP contribution in [-0.2, 0) is 0 Å². The number of hydrogen-bond acceptors (Lipinski definition) is 6. The Morgan fingerprint density at radius 1 is 1.38 bits per heavy atom. The van der Waals surface area contributed by atoms with Crippen LogP contribution in [0.2, 0.25) is 0 Å². The Bertz CT molecular complexity index is 702. The van der Waals surface area contributed by atoms with Crippen LogP contribution in [0.4, 0.5) is 17.2 Å². The molecule has 1 amide bonds. The SMILES string of the molecule is COc1ccc(NC(=O)c2cccc(N)n2)cc1[N+](=O)[O-]. The fourth-order valence-corrected chi connectivity index (χ4v) is 1.68. The molecule has 3 N–H and O–H groups in total. The van der Waals surface area contributed by atoms with E-state index in [1.165, 1.54) is 31.4 Å². The molecule has 2 rings (SSSR count). The molecule has 0 aliphatic rings. The van der Waals surface area contributed by atoms with Crippen LogP contribution in [0, 0.1) is 10.1 Å². The smallest absolute Gasteiger partial charge is 0.312 e. The molecule has 2 aromatic rings. The van der Waals surface area contributed by atoms with Gasteiger partial charge in [-0.25, -0.2) is 4.98 Å². The van der Waals surface area contributed by atoms with Gasteiger partial charge in [0.15, 0.2) is 5.75 Å². The van der Waals surface area contributed by atoms with Gasteiger partial charge in [-0.05, 0) is 24.3 Å². The van der Waals surface area contributed by atoms with Crippen molar-refractivity contribution in [1.29, 1.82) is 0 Å². The molecule has 1 aromatic carbocycles. The number of nitrogens with zero attached hydrogens (tertiary/aromatic N) is 2. The summed E-state index contributed by atoms with van der Waals surface area (Å²) < 4.78 is 4.88. The highest BCUT2D eigenvalue weighted by molar-refractivity contribution is 6.03. The minimum Gasteiger partial charge on any atom is -0.490 e. The lowest BCUT2D eigenvalue weighted by atomic mass is 10.2. The number of carbonyl (C=O) groups excluding carboxylic acids is 1. The van der Waals surface area contributed by atoms with Crippen molar-refractivity contribution < 1.29 is 14.5 Å². The number of methoxy groups -OCH3 is 1. The lowest BCUT2D eigenvalue weighted by Gasteiger charge is -2.07. The summed E-state index contributed by atoms with van der Waals surface area (Å²) in [5.41, 5.74) is 5.63. The largest absolute Gasteiger partial charge is 0.490 e. The van der Waals surface area contributed by atoms with E-state index in [1.54, 1.807) is 12.1 Å². The maximum absolute atomic E-state index is 12.0. The first-order chi connectivity index (χ1) is 10.0. The maximum atomic E-state index is 12.0. The molecule has 0 atom stereocenters. The zero-order valence-electron chi connectivity index (χ0n) is 11.1. The van der Waals surface area contributed by atoms with Gasteiger partial charge in [0.05, 0.1) is 12.0 Å². The number of nitrogens with one attached hydrogen (secondary N) is 1. The van der Waals surface area contributed by atoms with E-state index in [0.717, 1.165) is 0 Å². The third-order valence-electron chi connectivity index (χ3n) is 2.64. The number of aromatic nitrogens is 1. The number of nitrogen functional groups attached to an aromatic ring is 1. The molecule has 0 aliphatic heterocycles. The van der Waals surface area contributed by atoms with E-state index < -0.39 is 10.8 Å². The Morgan fingerprint density at radius 2 is 2.14 bits per heavy atom. The van der Waals surface area contributed by atoms with Crippen molar-refractivity contribution in [1.82, 2.24) is 4.98 Å². The zero-order valence-corrected chi connectivity index (χ0v) is 11.1. The van der Waals surface area contributed by atoms with Crippen molar-refractivity contribution in [3.8, 4) is 5.75 Å². The fourth-order valence-electron chi connectivity index (χ4n) is 1.68. The summed E-state index contributed by atoms with van der Waals surface area (Å²) in [6, 6.07) is 8.74. The van der Waals surface area contributed by atoms with Crippen molar-refractivity contribution in [2.24, 2.45) is 0 Å². The first kappa shape index (κ1) is 14.3. The molecule has 8 nitrogen and oxygen atoms in total. The van der Waals surface area contributed by atoms with Crippen molar-refractivity contribution in [2.45, 2.75) is 0 Å². The standard InChI is InChI=1S/C13H12N4O4/c1-21-11-6-5-8(7-10(11)17(19)20)15-13(18)9-3-2-4-12(14)16-9/h2-7H,1H3,(H2,14,16)(H,15,18). The number of ether oxygens (including phenoxy) is 1. The van der Waals surface area contributed by atoms with Crippen LogP contribution in [0.25, 0.3) is 0 Å². The van der Waals surface area contributed by atoms with Crippen LogP contribution in [-0.4, -0.2) is 22.9 Å². The average Bonchev–Trinajstić information content (AvgIpc) is 2.47. The lowest BCUT2D eigenvalue weighted by molar-refractivity contribution is -0.385. The van der Waals surface area contributed by atoms with Crippen LogP contribution in [0.5, 0.6) is 5.75 Å². The Kier molecular flexibility index (Phi) is 3.98. The predicted octanol–water partition coefficient (Wildman–Crippen LogP) is 1.83. The molecule has 8 heteroatoms. The summed E-state index contributed by atoms with van der Waals surface area (Å²) in [4.78, 5) is 26.2. The molecule has 108 valence electrons. The summed E-state index contributed by atoms with van der Waals surface area (Å²) >= 11 is 0. The van der Waals surface area contributed by atoms with E-state index in [-0.39, 0.29) is 28.6 Å². The van der Waals surface area contributed by atoms with Crippen molar-refractivity contribution in [2.75, 3.05) is 18.2 Å². The minimum atomic E-state index is -0.590. The number of pyridine rings is 1. The highest BCUT2D eigenvalue weighted by Crippen LogP contribution is 2.29. The third-order valence-corrected chi connectivity index (χ3v) is 2.64. The van der Waals surface area contributed by atoms with Crippen LogP contribution in [0.15, 0.2) is 36.4 Å². The number of nitrogens with two attached hydrogens (primary N) is 1. The third kappa shape index (κ3) is 3.24. The molecule has 21 heavy (non-hydrogen) atoms.